The van der Waals surface area contributed by atoms with Crippen molar-refractivity contribution in [2.24, 2.45) is 0 Å². The van der Waals surface area contributed by atoms with Gasteiger partial charge in [-0.1, -0.05) is 0 Å². The van der Waals surface area contributed by atoms with Crippen LogP contribution in [0, 0.1) is 0 Å². The fourth-order valence-corrected chi connectivity index (χ4v) is 2.83. The molecule has 2 rings (SSSR count). The average Bonchev–Trinajstić information content (AvgIpc) is 2.78. The molecule has 0 aliphatic heterocycles. The van der Waals surface area contributed by atoms with Gasteiger partial charge in [0.05, 0.1) is 11.6 Å². The van der Waals surface area contributed by atoms with Gasteiger partial charge in [0.1, 0.15) is 23.9 Å². The van der Waals surface area contributed by atoms with Crippen LogP contribution in [0.2, 0.25) is 0 Å². The highest BCUT2D eigenvalue weighted by atomic mass is 79.9. The number of furan rings is 1. The Morgan fingerprint density at radius 1 is 1.24 bits per heavy atom. The summed E-state index contributed by atoms with van der Waals surface area (Å²) in [5, 5.41) is 8.97. The van der Waals surface area contributed by atoms with E-state index in [-0.39, 0.29) is 6.61 Å². The van der Waals surface area contributed by atoms with Gasteiger partial charge in [-0.15, -0.1) is 0 Å². The number of halogens is 2. The minimum Gasteiger partial charge on any atom is -0.496 e. The Kier molecular flexibility index (Phi) is 3.91. The summed E-state index contributed by atoms with van der Waals surface area (Å²) in [7, 11) is 1.61. The Morgan fingerprint density at radius 3 is 2.59 bits per heavy atom. The third kappa shape index (κ3) is 2.56. The number of hydrogen-bond donors (Lipinski definition) is 1. The zero-order valence-electron chi connectivity index (χ0n) is 9.04. The van der Waals surface area contributed by atoms with Crippen molar-refractivity contribution < 1.29 is 14.3 Å². The highest BCUT2D eigenvalue weighted by Crippen LogP contribution is 2.37. The van der Waals surface area contributed by atoms with Gasteiger partial charge in [0, 0.05) is 10.0 Å². The van der Waals surface area contributed by atoms with Crippen molar-refractivity contribution in [3.8, 4) is 17.1 Å². The van der Waals surface area contributed by atoms with Gasteiger partial charge in [0.2, 0.25) is 0 Å². The zero-order valence-corrected chi connectivity index (χ0v) is 12.2. The average molecular weight is 362 g/mol. The SMILES string of the molecule is COc1cc(-c2ccc(CO)o2)c(Br)cc1Br. The standard InChI is InChI=1S/C12H10Br2O3/c1-16-12-4-8(9(13)5-10(12)14)11-3-2-7(6-15)17-11/h2-5,15H,6H2,1H3. The molecule has 90 valence electrons. The van der Waals surface area contributed by atoms with E-state index in [1.165, 1.54) is 0 Å². The molecule has 3 nitrogen and oxygen atoms in total. The Hall–Kier alpha value is -0.780. The molecule has 2 aromatic rings. The van der Waals surface area contributed by atoms with Crippen LogP contribution in [0.25, 0.3) is 11.3 Å². The summed E-state index contributed by atoms with van der Waals surface area (Å²) in [4.78, 5) is 0. The maximum Gasteiger partial charge on any atom is 0.135 e. The molecular weight excluding hydrogens is 352 g/mol. The number of hydrogen-bond acceptors (Lipinski definition) is 3. The minimum absolute atomic E-state index is 0.106. The number of methoxy groups -OCH3 is 1. The first kappa shape index (κ1) is 12.7. The highest BCUT2D eigenvalue weighted by molar-refractivity contribution is 9.11. The van der Waals surface area contributed by atoms with Crippen LogP contribution in [-0.4, -0.2) is 12.2 Å². The van der Waals surface area contributed by atoms with Crippen molar-refractivity contribution in [2.45, 2.75) is 6.61 Å². The molecule has 1 aromatic heterocycles. The molecular formula is C12H10Br2O3. The first-order valence-corrected chi connectivity index (χ1v) is 6.47. The van der Waals surface area contributed by atoms with E-state index < -0.39 is 0 Å². The van der Waals surface area contributed by atoms with Gasteiger partial charge in [-0.2, -0.15) is 0 Å². The maximum atomic E-state index is 8.97. The van der Waals surface area contributed by atoms with Gasteiger partial charge < -0.3 is 14.3 Å². The molecule has 17 heavy (non-hydrogen) atoms. The summed E-state index contributed by atoms with van der Waals surface area (Å²) < 4.78 is 12.5. The van der Waals surface area contributed by atoms with E-state index in [1.54, 1.807) is 13.2 Å². The Morgan fingerprint density at radius 2 is 2.00 bits per heavy atom. The van der Waals surface area contributed by atoms with E-state index in [9.17, 15) is 0 Å². The van der Waals surface area contributed by atoms with Crippen LogP contribution in [0.1, 0.15) is 5.76 Å². The molecule has 0 aliphatic rings. The molecule has 1 heterocycles. The number of ether oxygens (including phenoxy) is 1. The van der Waals surface area contributed by atoms with Gasteiger partial charge in [-0.05, 0) is 56.1 Å². The molecule has 0 saturated carbocycles. The summed E-state index contributed by atoms with van der Waals surface area (Å²) in [5.41, 5.74) is 0.879. The molecule has 0 aliphatic carbocycles. The van der Waals surface area contributed by atoms with Crippen LogP contribution in [0.4, 0.5) is 0 Å². The van der Waals surface area contributed by atoms with Gasteiger partial charge in [0.25, 0.3) is 0 Å². The first-order valence-electron chi connectivity index (χ1n) is 4.88. The third-order valence-electron chi connectivity index (χ3n) is 2.32. The fraction of sp³-hybridized carbons (Fsp3) is 0.167. The van der Waals surface area contributed by atoms with E-state index in [0.717, 1.165) is 20.3 Å². The molecule has 0 atom stereocenters. The van der Waals surface area contributed by atoms with E-state index in [2.05, 4.69) is 31.9 Å². The predicted molar refractivity (Wildman–Crippen MR) is 72.0 cm³/mol. The lowest BCUT2D eigenvalue weighted by atomic mass is 10.1. The van der Waals surface area contributed by atoms with Gasteiger partial charge in [-0.25, -0.2) is 0 Å². The second kappa shape index (κ2) is 5.25. The maximum absolute atomic E-state index is 8.97. The van der Waals surface area contributed by atoms with Crippen molar-refractivity contribution in [3.05, 3.63) is 39.0 Å². The predicted octanol–water partition coefficient (Wildman–Crippen LogP) is 3.97. The quantitative estimate of drug-likeness (QED) is 0.899. The minimum atomic E-state index is -0.106. The van der Waals surface area contributed by atoms with Crippen molar-refractivity contribution in [1.82, 2.24) is 0 Å². The van der Waals surface area contributed by atoms with Crippen molar-refractivity contribution >= 4 is 31.9 Å². The number of aliphatic hydroxyl groups excluding tert-OH is 1. The van der Waals surface area contributed by atoms with Crippen LogP contribution < -0.4 is 4.74 Å². The molecule has 0 radical (unpaired) electrons. The summed E-state index contributed by atoms with van der Waals surface area (Å²) in [6.45, 7) is -0.106. The Balaban J connectivity index is 2.50. The number of rotatable bonds is 3. The van der Waals surface area contributed by atoms with Crippen LogP contribution in [0.5, 0.6) is 5.75 Å². The van der Waals surface area contributed by atoms with Gasteiger partial charge >= 0.3 is 0 Å². The second-order valence-corrected chi connectivity index (χ2v) is 5.10. The van der Waals surface area contributed by atoms with Gasteiger partial charge in [0.15, 0.2) is 0 Å². The molecule has 0 amide bonds. The highest BCUT2D eigenvalue weighted by Gasteiger charge is 2.12. The van der Waals surface area contributed by atoms with Crippen LogP contribution in [0.3, 0.4) is 0 Å². The fourth-order valence-electron chi connectivity index (χ4n) is 1.48. The van der Waals surface area contributed by atoms with Crippen LogP contribution >= 0.6 is 31.9 Å². The van der Waals surface area contributed by atoms with Crippen molar-refractivity contribution in [1.29, 1.82) is 0 Å². The molecule has 1 aromatic carbocycles. The topological polar surface area (TPSA) is 42.6 Å². The summed E-state index contributed by atoms with van der Waals surface area (Å²) in [5.74, 6) is 1.95. The largest absolute Gasteiger partial charge is 0.496 e. The van der Waals surface area contributed by atoms with E-state index in [1.807, 2.05) is 18.2 Å². The first-order chi connectivity index (χ1) is 8.15. The normalized spacial score (nSPS) is 10.6. The number of aliphatic hydroxyl groups is 1. The monoisotopic (exact) mass is 360 g/mol. The molecule has 0 saturated heterocycles. The van der Waals surface area contributed by atoms with Crippen LogP contribution in [-0.2, 0) is 6.61 Å². The van der Waals surface area contributed by atoms with E-state index >= 15 is 0 Å². The van der Waals surface area contributed by atoms with Crippen LogP contribution in [0.15, 0.2) is 37.6 Å². The molecule has 0 spiro atoms. The van der Waals surface area contributed by atoms with Crippen molar-refractivity contribution in [2.75, 3.05) is 7.11 Å². The smallest absolute Gasteiger partial charge is 0.135 e. The second-order valence-electron chi connectivity index (χ2n) is 3.39. The zero-order chi connectivity index (χ0) is 12.4. The summed E-state index contributed by atoms with van der Waals surface area (Å²) >= 11 is 6.88. The van der Waals surface area contributed by atoms with E-state index in [0.29, 0.717) is 11.5 Å². The summed E-state index contributed by atoms with van der Waals surface area (Å²) in [6.07, 6.45) is 0. The third-order valence-corrected chi connectivity index (χ3v) is 3.60. The lowest BCUT2D eigenvalue weighted by molar-refractivity contribution is 0.248. The molecule has 0 fully saturated rings. The van der Waals surface area contributed by atoms with E-state index in [4.69, 9.17) is 14.3 Å². The summed E-state index contributed by atoms with van der Waals surface area (Å²) in [6, 6.07) is 7.33. The molecule has 0 unspecified atom stereocenters. The lowest BCUT2D eigenvalue weighted by Gasteiger charge is -2.07. The lowest BCUT2D eigenvalue weighted by Crippen LogP contribution is -1.86. The molecule has 5 heteroatoms. The number of benzene rings is 1. The molecule has 0 bridgehead atoms. The Labute approximate surface area is 116 Å². The Bertz CT molecular complexity index is 535. The van der Waals surface area contributed by atoms with Crippen molar-refractivity contribution in [3.63, 3.8) is 0 Å². The van der Waals surface area contributed by atoms with Gasteiger partial charge in [-0.3, -0.25) is 0 Å². The molecule has 1 N–H and O–H groups in total.